The Labute approximate surface area is 110 Å². The summed E-state index contributed by atoms with van der Waals surface area (Å²) in [5.41, 5.74) is 6.90. The van der Waals surface area contributed by atoms with Gasteiger partial charge in [0.15, 0.2) is 0 Å². The fraction of sp³-hybridized carbons (Fsp3) is 0.222. The molecule has 0 radical (unpaired) electrons. The highest BCUT2D eigenvalue weighted by molar-refractivity contribution is 6.00. The van der Waals surface area contributed by atoms with E-state index in [-0.39, 0.29) is 0 Å². The molecular weight excluding hydrogens is 216 g/mol. The Balaban J connectivity index is 0.000000574. The van der Waals surface area contributed by atoms with Crippen LogP contribution in [-0.2, 0) is 0 Å². The molecule has 0 fully saturated rings. The second-order valence-electron chi connectivity index (χ2n) is 4.12. The minimum atomic E-state index is 1.08. The summed E-state index contributed by atoms with van der Waals surface area (Å²) in [5.74, 6) is 0. The number of allylic oxidation sites excluding steroid dienone is 1. The highest BCUT2D eigenvalue weighted by atomic mass is 14.2. The van der Waals surface area contributed by atoms with E-state index in [0.717, 1.165) is 6.42 Å². The summed E-state index contributed by atoms with van der Waals surface area (Å²) in [5, 5.41) is 0. The van der Waals surface area contributed by atoms with Crippen molar-refractivity contribution in [2.75, 3.05) is 0 Å². The summed E-state index contributed by atoms with van der Waals surface area (Å²) in [4.78, 5) is 0. The summed E-state index contributed by atoms with van der Waals surface area (Å²) < 4.78 is 0. The molecule has 2 aromatic carbocycles. The maximum absolute atomic E-state index is 2.32. The van der Waals surface area contributed by atoms with Crippen LogP contribution in [0.4, 0.5) is 0 Å². The van der Waals surface area contributed by atoms with E-state index in [1.165, 1.54) is 27.8 Å². The van der Waals surface area contributed by atoms with Crippen LogP contribution < -0.4 is 0 Å². The van der Waals surface area contributed by atoms with Crippen molar-refractivity contribution < 1.29 is 0 Å². The van der Waals surface area contributed by atoms with E-state index in [9.17, 15) is 0 Å². The van der Waals surface area contributed by atoms with E-state index in [4.69, 9.17) is 0 Å². The van der Waals surface area contributed by atoms with E-state index in [0.29, 0.717) is 0 Å². The number of rotatable bonds is 1. The summed E-state index contributed by atoms with van der Waals surface area (Å²) in [6.45, 7) is 6.19. The molecule has 0 aliphatic heterocycles. The lowest BCUT2D eigenvalue weighted by atomic mass is 10.0. The molecular formula is C18H20. The Bertz CT molecular complexity index is 514. The maximum atomic E-state index is 2.32. The van der Waals surface area contributed by atoms with Crippen molar-refractivity contribution in [1.82, 2.24) is 0 Å². The van der Waals surface area contributed by atoms with Crippen molar-refractivity contribution in [2.45, 2.75) is 27.2 Å². The third-order valence-corrected chi connectivity index (χ3v) is 3.13. The molecule has 0 nitrogen and oxygen atoms in total. The number of benzene rings is 2. The summed E-state index contributed by atoms with van der Waals surface area (Å²) >= 11 is 0. The van der Waals surface area contributed by atoms with Crippen molar-refractivity contribution in [2.24, 2.45) is 0 Å². The van der Waals surface area contributed by atoms with E-state index in [1.54, 1.807) is 0 Å². The molecule has 0 atom stereocenters. The fourth-order valence-electron chi connectivity index (χ4n) is 2.47. The monoisotopic (exact) mass is 236 g/mol. The molecule has 0 unspecified atom stereocenters. The van der Waals surface area contributed by atoms with Crippen molar-refractivity contribution >= 4 is 5.57 Å². The zero-order chi connectivity index (χ0) is 13.0. The Morgan fingerprint density at radius 2 is 1.11 bits per heavy atom. The lowest BCUT2D eigenvalue weighted by Crippen LogP contribution is -1.79. The minimum absolute atomic E-state index is 1.08. The number of hydrogen-bond donors (Lipinski definition) is 0. The molecule has 0 N–H and O–H groups in total. The van der Waals surface area contributed by atoms with Gasteiger partial charge in [-0.3, -0.25) is 0 Å². The highest BCUT2D eigenvalue weighted by Gasteiger charge is 2.21. The molecule has 0 aromatic heterocycles. The van der Waals surface area contributed by atoms with Gasteiger partial charge in [-0.25, -0.2) is 0 Å². The van der Waals surface area contributed by atoms with E-state index >= 15 is 0 Å². The molecule has 0 spiro atoms. The number of hydrogen-bond acceptors (Lipinski definition) is 0. The van der Waals surface area contributed by atoms with Crippen LogP contribution >= 0.6 is 0 Å². The Morgan fingerprint density at radius 1 is 0.722 bits per heavy atom. The number of fused-ring (bicyclic) bond motifs is 3. The Hall–Kier alpha value is -1.82. The van der Waals surface area contributed by atoms with Gasteiger partial charge < -0.3 is 0 Å². The first-order valence-corrected chi connectivity index (χ1v) is 6.81. The molecule has 92 valence electrons. The van der Waals surface area contributed by atoms with Crippen LogP contribution in [0, 0.1) is 0 Å². The zero-order valence-corrected chi connectivity index (χ0v) is 11.4. The maximum Gasteiger partial charge on any atom is -0.00991 e. The summed E-state index contributed by atoms with van der Waals surface area (Å²) in [6.07, 6.45) is 3.41. The van der Waals surface area contributed by atoms with Crippen LogP contribution in [0.3, 0.4) is 0 Å². The predicted molar refractivity (Wildman–Crippen MR) is 80.6 cm³/mol. The quantitative estimate of drug-likeness (QED) is 0.520. The lowest BCUT2D eigenvalue weighted by molar-refractivity contribution is 1.23. The smallest absolute Gasteiger partial charge is 0.00991 e. The van der Waals surface area contributed by atoms with Crippen LogP contribution in [-0.4, -0.2) is 0 Å². The van der Waals surface area contributed by atoms with Crippen LogP contribution in [0.5, 0.6) is 0 Å². The largest absolute Gasteiger partial charge is 0.0763 e. The van der Waals surface area contributed by atoms with Gasteiger partial charge in [0.25, 0.3) is 0 Å². The summed E-state index contributed by atoms with van der Waals surface area (Å²) in [7, 11) is 0. The van der Waals surface area contributed by atoms with E-state index < -0.39 is 0 Å². The topological polar surface area (TPSA) is 0 Å². The molecule has 3 rings (SSSR count). The van der Waals surface area contributed by atoms with Gasteiger partial charge in [-0.05, 0) is 34.2 Å². The average molecular weight is 236 g/mol. The van der Waals surface area contributed by atoms with Crippen molar-refractivity contribution in [3.8, 4) is 11.1 Å². The summed E-state index contributed by atoms with van der Waals surface area (Å²) in [6, 6.07) is 17.3. The highest BCUT2D eigenvalue weighted by Crippen LogP contribution is 2.43. The second-order valence-corrected chi connectivity index (χ2v) is 4.12. The molecule has 0 bridgehead atoms. The van der Waals surface area contributed by atoms with E-state index in [2.05, 4.69) is 61.5 Å². The molecule has 1 aliphatic carbocycles. The van der Waals surface area contributed by atoms with Gasteiger partial charge in [-0.15, -0.1) is 0 Å². The van der Waals surface area contributed by atoms with Gasteiger partial charge >= 0.3 is 0 Å². The molecule has 18 heavy (non-hydrogen) atoms. The predicted octanol–water partition coefficient (Wildman–Crippen LogP) is 5.53. The van der Waals surface area contributed by atoms with Gasteiger partial charge in [0.05, 0.1) is 0 Å². The van der Waals surface area contributed by atoms with Crippen LogP contribution in [0.25, 0.3) is 16.7 Å². The van der Waals surface area contributed by atoms with Crippen molar-refractivity contribution in [1.29, 1.82) is 0 Å². The van der Waals surface area contributed by atoms with Crippen molar-refractivity contribution in [3.63, 3.8) is 0 Å². The van der Waals surface area contributed by atoms with Gasteiger partial charge in [0.2, 0.25) is 0 Å². The normalized spacial score (nSPS) is 11.2. The molecule has 2 aromatic rings. The average Bonchev–Trinajstić information content (AvgIpc) is 2.77. The van der Waals surface area contributed by atoms with Crippen LogP contribution in [0.2, 0.25) is 0 Å². The molecule has 0 heteroatoms. The Morgan fingerprint density at radius 3 is 1.50 bits per heavy atom. The first kappa shape index (κ1) is 12.6. The minimum Gasteiger partial charge on any atom is -0.0763 e. The van der Waals surface area contributed by atoms with Crippen molar-refractivity contribution in [3.05, 3.63) is 65.7 Å². The molecule has 0 amide bonds. The van der Waals surface area contributed by atoms with E-state index in [1.807, 2.05) is 13.8 Å². The molecule has 0 heterocycles. The molecule has 1 aliphatic rings. The SMILES string of the molecule is CC.CCC=C1c2ccccc2-c2ccccc21. The molecule has 0 saturated heterocycles. The zero-order valence-electron chi connectivity index (χ0n) is 11.4. The third kappa shape index (κ3) is 1.99. The second kappa shape index (κ2) is 5.68. The van der Waals surface area contributed by atoms with Crippen LogP contribution in [0.1, 0.15) is 38.3 Å². The van der Waals surface area contributed by atoms with Gasteiger partial charge in [-0.2, -0.15) is 0 Å². The standard InChI is InChI=1S/C16H14.C2H6/c1-2-7-12-13-8-3-5-10-15(13)16-11-6-4-9-14(12)16;1-2/h3-11H,2H2,1H3;1-2H3. The first-order valence-electron chi connectivity index (χ1n) is 6.81. The van der Waals surface area contributed by atoms with Crippen LogP contribution in [0.15, 0.2) is 54.6 Å². The van der Waals surface area contributed by atoms with Gasteiger partial charge in [0, 0.05) is 0 Å². The first-order chi connectivity index (χ1) is 8.92. The molecule has 0 saturated carbocycles. The van der Waals surface area contributed by atoms with Gasteiger partial charge in [0.1, 0.15) is 0 Å². The fourth-order valence-corrected chi connectivity index (χ4v) is 2.47. The Kier molecular flexibility index (Phi) is 3.99. The van der Waals surface area contributed by atoms with Gasteiger partial charge in [-0.1, -0.05) is 75.4 Å². The lowest BCUT2D eigenvalue weighted by Gasteiger charge is -2.00. The third-order valence-electron chi connectivity index (χ3n) is 3.13.